The third kappa shape index (κ3) is 5.02. The van der Waals surface area contributed by atoms with Gasteiger partial charge in [-0.2, -0.15) is 0 Å². The molecule has 0 aliphatic heterocycles. The van der Waals surface area contributed by atoms with Crippen molar-refractivity contribution in [1.29, 1.82) is 0 Å². The van der Waals surface area contributed by atoms with E-state index in [0.29, 0.717) is 48.6 Å². The number of carbonyl (C=O) groups is 1. The quantitative estimate of drug-likeness (QED) is 0.483. The van der Waals surface area contributed by atoms with Crippen molar-refractivity contribution in [2.45, 2.75) is 0 Å². The van der Waals surface area contributed by atoms with Crippen LogP contribution in [0.15, 0.2) is 36.4 Å². The van der Waals surface area contributed by atoms with Gasteiger partial charge in [0, 0.05) is 16.7 Å². The summed E-state index contributed by atoms with van der Waals surface area (Å²) >= 11 is 13.3. The Hall–Kier alpha value is -2.81. The number of amides is 1. The molecule has 0 atom stereocenters. The maximum Gasteiger partial charge on any atom is 0.250 e. The summed E-state index contributed by atoms with van der Waals surface area (Å²) in [5, 5.41) is 12.6. The van der Waals surface area contributed by atoms with Gasteiger partial charge in [0.05, 0.1) is 26.4 Å². The van der Waals surface area contributed by atoms with Crippen LogP contribution in [-0.4, -0.2) is 37.4 Å². The Morgan fingerprint density at radius 3 is 2.33 bits per heavy atom. The van der Waals surface area contributed by atoms with Gasteiger partial charge < -0.3 is 14.2 Å². The first-order chi connectivity index (χ1) is 14.4. The topological polar surface area (TPSA) is 82.6 Å². The lowest BCUT2D eigenvalue weighted by Crippen LogP contribution is -2.07. The average Bonchev–Trinajstić information content (AvgIpc) is 3.19. The van der Waals surface area contributed by atoms with Crippen LogP contribution < -0.4 is 19.5 Å². The molecule has 30 heavy (non-hydrogen) atoms. The van der Waals surface area contributed by atoms with Gasteiger partial charge in [-0.1, -0.05) is 34.5 Å². The van der Waals surface area contributed by atoms with Crippen LogP contribution in [0.2, 0.25) is 10.0 Å². The van der Waals surface area contributed by atoms with E-state index < -0.39 is 0 Å². The average molecular weight is 466 g/mol. The van der Waals surface area contributed by atoms with Gasteiger partial charge in [-0.05, 0) is 42.0 Å². The molecule has 2 aromatic carbocycles. The fourth-order valence-corrected chi connectivity index (χ4v) is 3.90. The van der Waals surface area contributed by atoms with Crippen molar-refractivity contribution < 1.29 is 19.0 Å². The van der Waals surface area contributed by atoms with Crippen LogP contribution >= 0.6 is 34.5 Å². The maximum atomic E-state index is 12.3. The van der Waals surface area contributed by atoms with E-state index in [-0.39, 0.29) is 5.91 Å². The molecule has 1 N–H and O–H groups in total. The van der Waals surface area contributed by atoms with Gasteiger partial charge >= 0.3 is 0 Å². The largest absolute Gasteiger partial charge is 0.493 e. The monoisotopic (exact) mass is 465 g/mol. The van der Waals surface area contributed by atoms with E-state index in [1.54, 1.807) is 36.4 Å². The Morgan fingerprint density at radius 2 is 1.73 bits per heavy atom. The van der Waals surface area contributed by atoms with Crippen molar-refractivity contribution in [2.75, 3.05) is 26.6 Å². The van der Waals surface area contributed by atoms with E-state index in [0.717, 1.165) is 0 Å². The van der Waals surface area contributed by atoms with Gasteiger partial charge in [-0.15, -0.1) is 10.2 Å². The van der Waals surface area contributed by atoms with Crippen LogP contribution in [0.25, 0.3) is 16.6 Å². The van der Waals surface area contributed by atoms with Crippen molar-refractivity contribution in [1.82, 2.24) is 10.2 Å². The zero-order valence-electron chi connectivity index (χ0n) is 16.2. The number of methoxy groups -OCH3 is 3. The second kappa shape index (κ2) is 9.80. The molecule has 7 nitrogen and oxygen atoms in total. The second-order valence-corrected chi connectivity index (χ2v) is 7.64. The number of rotatable bonds is 7. The SMILES string of the molecule is COc1cc(/C=C/C(=O)Nc2nnc(-c3ccc(Cl)cc3Cl)s2)cc(OC)c1OC. The molecule has 10 heteroatoms. The van der Waals surface area contributed by atoms with E-state index >= 15 is 0 Å². The summed E-state index contributed by atoms with van der Waals surface area (Å²) in [5.41, 5.74) is 1.39. The number of halogens is 2. The maximum absolute atomic E-state index is 12.3. The molecule has 1 heterocycles. The van der Waals surface area contributed by atoms with Crippen LogP contribution in [0, 0.1) is 0 Å². The predicted molar refractivity (Wildman–Crippen MR) is 119 cm³/mol. The summed E-state index contributed by atoms with van der Waals surface area (Å²) in [6, 6.07) is 8.55. The number of anilines is 1. The number of hydrogen-bond acceptors (Lipinski definition) is 7. The number of hydrogen-bond donors (Lipinski definition) is 1. The van der Waals surface area contributed by atoms with Crippen molar-refractivity contribution in [2.24, 2.45) is 0 Å². The number of ether oxygens (including phenoxy) is 3. The Labute approximate surface area is 187 Å². The summed E-state index contributed by atoms with van der Waals surface area (Å²) in [6.45, 7) is 0. The highest BCUT2D eigenvalue weighted by Crippen LogP contribution is 2.38. The first-order valence-corrected chi connectivity index (χ1v) is 10.1. The zero-order valence-corrected chi connectivity index (χ0v) is 18.6. The van der Waals surface area contributed by atoms with Crippen molar-refractivity contribution in [3.05, 3.63) is 52.0 Å². The van der Waals surface area contributed by atoms with E-state index in [1.807, 2.05) is 0 Å². The van der Waals surface area contributed by atoms with Crippen molar-refractivity contribution in [3.63, 3.8) is 0 Å². The lowest BCUT2D eigenvalue weighted by molar-refractivity contribution is -0.111. The van der Waals surface area contributed by atoms with Crippen LogP contribution in [0.5, 0.6) is 17.2 Å². The van der Waals surface area contributed by atoms with Crippen LogP contribution in [-0.2, 0) is 4.79 Å². The molecule has 0 bridgehead atoms. The highest BCUT2D eigenvalue weighted by atomic mass is 35.5. The summed E-state index contributed by atoms with van der Waals surface area (Å²) in [5.74, 6) is 1.09. The predicted octanol–water partition coefficient (Wildman–Crippen LogP) is 5.19. The minimum Gasteiger partial charge on any atom is -0.493 e. The molecule has 1 amide bonds. The Morgan fingerprint density at radius 1 is 1.03 bits per heavy atom. The standard InChI is InChI=1S/C20H17Cl2N3O4S/c1-27-15-8-11(9-16(28-2)18(15)29-3)4-7-17(26)23-20-25-24-19(30-20)13-6-5-12(21)10-14(13)22/h4-10H,1-3H3,(H,23,25,26)/b7-4+. The second-order valence-electron chi connectivity index (χ2n) is 5.82. The molecule has 0 radical (unpaired) electrons. The van der Waals surface area contributed by atoms with E-state index in [4.69, 9.17) is 37.4 Å². The molecule has 0 aliphatic rings. The summed E-state index contributed by atoms with van der Waals surface area (Å²) in [6.07, 6.45) is 2.99. The number of carbonyl (C=O) groups excluding carboxylic acids is 1. The first kappa shape index (κ1) is 21.9. The first-order valence-electron chi connectivity index (χ1n) is 8.53. The number of aromatic nitrogens is 2. The summed E-state index contributed by atoms with van der Waals surface area (Å²) in [4.78, 5) is 12.3. The van der Waals surface area contributed by atoms with Gasteiger partial charge in [0.1, 0.15) is 0 Å². The third-order valence-corrected chi connectivity index (χ3v) is 5.35. The van der Waals surface area contributed by atoms with Crippen molar-refractivity contribution in [3.8, 4) is 27.8 Å². The molecule has 156 valence electrons. The van der Waals surface area contributed by atoms with Gasteiger partial charge in [0.15, 0.2) is 16.5 Å². The molecule has 3 rings (SSSR count). The fourth-order valence-electron chi connectivity index (χ4n) is 2.56. The molecule has 1 aromatic heterocycles. The minimum atomic E-state index is -0.367. The minimum absolute atomic E-state index is 0.343. The number of nitrogens with zero attached hydrogens (tertiary/aromatic N) is 2. The molecule has 0 aliphatic carbocycles. The molecule has 3 aromatic rings. The Kier molecular flexibility index (Phi) is 7.15. The summed E-state index contributed by atoms with van der Waals surface area (Å²) < 4.78 is 15.9. The third-order valence-electron chi connectivity index (χ3n) is 3.93. The van der Waals surface area contributed by atoms with Crippen LogP contribution in [0.3, 0.4) is 0 Å². The normalized spacial score (nSPS) is 10.8. The molecular weight excluding hydrogens is 449 g/mol. The molecule has 0 saturated carbocycles. The lowest BCUT2D eigenvalue weighted by atomic mass is 10.1. The highest BCUT2D eigenvalue weighted by molar-refractivity contribution is 7.18. The van der Waals surface area contributed by atoms with E-state index in [9.17, 15) is 4.79 Å². The van der Waals surface area contributed by atoms with Gasteiger partial charge in [-0.25, -0.2) is 0 Å². The molecule has 0 fully saturated rings. The van der Waals surface area contributed by atoms with Crippen LogP contribution in [0.1, 0.15) is 5.56 Å². The van der Waals surface area contributed by atoms with Crippen molar-refractivity contribution >= 4 is 51.7 Å². The van der Waals surface area contributed by atoms with Crippen LogP contribution in [0.4, 0.5) is 5.13 Å². The Bertz CT molecular complexity index is 1080. The van der Waals surface area contributed by atoms with E-state index in [2.05, 4.69) is 15.5 Å². The number of nitrogens with one attached hydrogen (secondary N) is 1. The molecular formula is C20H17Cl2N3O4S. The summed E-state index contributed by atoms with van der Waals surface area (Å²) in [7, 11) is 4.58. The van der Waals surface area contributed by atoms with Gasteiger partial charge in [0.25, 0.3) is 0 Å². The molecule has 0 spiro atoms. The zero-order chi connectivity index (χ0) is 21.7. The van der Waals surface area contributed by atoms with E-state index in [1.165, 1.54) is 38.7 Å². The number of benzene rings is 2. The smallest absolute Gasteiger partial charge is 0.250 e. The lowest BCUT2D eigenvalue weighted by Gasteiger charge is -2.12. The molecule has 0 unspecified atom stereocenters. The highest BCUT2D eigenvalue weighted by Gasteiger charge is 2.13. The Balaban J connectivity index is 1.73. The van der Waals surface area contributed by atoms with Gasteiger partial charge in [0.2, 0.25) is 16.8 Å². The fraction of sp³-hybridized carbons (Fsp3) is 0.150. The van der Waals surface area contributed by atoms with Gasteiger partial charge in [-0.3, -0.25) is 10.1 Å². The molecule has 0 saturated heterocycles.